The molecule has 2 aromatic heterocycles. The molecule has 3 nitrogen and oxygen atoms in total. The first-order chi connectivity index (χ1) is 12.7. The minimum Gasteiger partial charge on any atom is -0.423 e. The first-order valence-electron chi connectivity index (χ1n) is 8.38. The van der Waals surface area contributed by atoms with Crippen molar-refractivity contribution in [2.45, 2.75) is 0 Å². The zero-order valence-electron chi connectivity index (χ0n) is 13.8. The third kappa shape index (κ3) is 2.41. The van der Waals surface area contributed by atoms with Gasteiger partial charge in [-0.2, -0.15) is 0 Å². The average Bonchev–Trinajstić information content (AvgIpc) is 3.05. The van der Waals surface area contributed by atoms with Gasteiger partial charge in [0.25, 0.3) is 0 Å². The van der Waals surface area contributed by atoms with Crippen LogP contribution >= 0.6 is 11.3 Å². The lowest BCUT2D eigenvalue weighted by atomic mass is 9.80. The van der Waals surface area contributed by atoms with E-state index in [1.54, 1.807) is 17.4 Å². The number of benzene rings is 3. The van der Waals surface area contributed by atoms with Crippen LogP contribution in [0.5, 0.6) is 0 Å². The van der Waals surface area contributed by atoms with Gasteiger partial charge < -0.3 is 10.0 Å². The molecule has 124 valence electrons. The van der Waals surface area contributed by atoms with Gasteiger partial charge in [-0.25, -0.2) is 4.98 Å². The van der Waals surface area contributed by atoms with Gasteiger partial charge in [-0.1, -0.05) is 54.6 Å². The fraction of sp³-hybridized carbons (Fsp3) is 0. The Balaban J connectivity index is 1.71. The van der Waals surface area contributed by atoms with E-state index < -0.39 is 7.12 Å². The Morgan fingerprint density at radius 3 is 2.58 bits per heavy atom. The van der Waals surface area contributed by atoms with Crippen LogP contribution in [0.15, 0.2) is 72.8 Å². The van der Waals surface area contributed by atoms with Crippen molar-refractivity contribution in [1.82, 2.24) is 4.98 Å². The van der Waals surface area contributed by atoms with Crippen LogP contribution in [0, 0.1) is 0 Å². The van der Waals surface area contributed by atoms with E-state index >= 15 is 0 Å². The van der Waals surface area contributed by atoms with Gasteiger partial charge in [-0.3, -0.25) is 0 Å². The molecule has 5 rings (SSSR count). The molecule has 5 aromatic rings. The Morgan fingerprint density at radius 1 is 0.808 bits per heavy atom. The molecule has 0 aliphatic heterocycles. The van der Waals surface area contributed by atoms with Crippen molar-refractivity contribution < 1.29 is 10.0 Å². The molecule has 5 heteroatoms. The fourth-order valence-corrected chi connectivity index (χ4v) is 4.68. The Labute approximate surface area is 154 Å². The van der Waals surface area contributed by atoms with Gasteiger partial charge in [-0.15, -0.1) is 11.3 Å². The molecular weight excluding hydrogens is 341 g/mol. The number of thiophene rings is 1. The molecule has 0 bridgehead atoms. The molecular formula is C21H14BNO2S. The molecule has 0 aliphatic carbocycles. The number of pyridine rings is 1. The quantitative estimate of drug-likeness (QED) is 0.472. The molecule has 0 amide bonds. The van der Waals surface area contributed by atoms with Crippen LogP contribution in [-0.2, 0) is 0 Å². The second-order valence-electron chi connectivity index (χ2n) is 6.30. The number of nitrogens with zero attached hydrogens (tertiary/aromatic N) is 1. The van der Waals surface area contributed by atoms with Gasteiger partial charge in [0.05, 0.1) is 11.2 Å². The first-order valence-corrected chi connectivity index (χ1v) is 9.20. The van der Waals surface area contributed by atoms with Crippen LogP contribution in [0.1, 0.15) is 0 Å². The Hall–Kier alpha value is -2.73. The van der Waals surface area contributed by atoms with Crippen LogP contribution in [0.25, 0.3) is 42.3 Å². The van der Waals surface area contributed by atoms with Crippen molar-refractivity contribution in [2.24, 2.45) is 0 Å². The van der Waals surface area contributed by atoms with E-state index in [-0.39, 0.29) is 0 Å². The van der Waals surface area contributed by atoms with Crippen molar-refractivity contribution in [1.29, 1.82) is 0 Å². The predicted molar refractivity (Wildman–Crippen MR) is 110 cm³/mol. The van der Waals surface area contributed by atoms with Crippen molar-refractivity contribution >= 4 is 55.0 Å². The summed E-state index contributed by atoms with van der Waals surface area (Å²) in [7, 11) is -1.46. The second kappa shape index (κ2) is 5.92. The molecule has 0 unspecified atom stereocenters. The number of para-hydroxylation sites is 1. The minimum absolute atomic E-state index is 0.550. The highest BCUT2D eigenvalue weighted by Crippen LogP contribution is 2.35. The highest BCUT2D eigenvalue weighted by Gasteiger charge is 2.17. The van der Waals surface area contributed by atoms with E-state index in [0.717, 1.165) is 42.3 Å². The number of rotatable bonds is 2. The third-order valence-electron chi connectivity index (χ3n) is 4.70. The van der Waals surface area contributed by atoms with Gasteiger partial charge >= 0.3 is 7.12 Å². The molecule has 2 N–H and O–H groups in total. The molecule has 0 saturated heterocycles. The molecule has 0 spiro atoms. The molecule has 3 aromatic carbocycles. The fourth-order valence-electron chi connectivity index (χ4n) is 3.41. The zero-order valence-corrected chi connectivity index (χ0v) is 14.6. The molecule has 0 atom stereocenters. The summed E-state index contributed by atoms with van der Waals surface area (Å²) >= 11 is 1.58. The normalized spacial score (nSPS) is 11.5. The standard InChI is InChI=1S/C21H14BNO2S/c24-22(25)17-6-3-5-16-15-10-8-14(12-20(15)26-21(16)17)19-11-9-13-4-1-2-7-18(13)23-19/h1-12,24-25H. The van der Waals surface area contributed by atoms with E-state index in [0.29, 0.717) is 5.46 Å². The smallest absolute Gasteiger partial charge is 0.423 e. The van der Waals surface area contributed by atoms with Crippen LogP contribution in [0.4, 0.5) is 0 Å². The first kappa shape index (κ1) is 15.5. The average molecular weight is 355 g/mol. The maximum atomic E-state index is 9.63. The summed E-state index contributed by atoms with van der Waals surface area (Å²) in [5, 5.41) is 22.6. The zero-order chi connectivity index (χ0) is 17.7. The Bertz CT molecular complexity index is 1280. The maximum absolute atomic E-state index is 9.63. The topological polar surface area (TPSA) is 53.4 Å². The van der Waals surface area contributed by atoms with Gasteiger partial charge in [0.2, 0.25) is 0 Å². The van der Waals surface area contributed by atoms with E-state index in [9.17, 15) is 10.0 Å². The highest BCUT2D eigenvalue weighted by atomic mass is 32.1. The van der Waals surface area contributed by atoms with E-state index in [1.807, 2.05) is 36.4 Å². The summed E-state index contributed by atoms with van der Waals surface area (Å²) < 4.78 is 2.03. The van der Waals surface area contributed by atoms with Gasteiger partial charge in [0, 0.05) is 25.7 Å². The van der Waals surface area contributed by atoms with Crippen molar-refractivity contribution in [2.75, 3.05) is 0 Å². The molecule has 0 radical (unpaired) electrons. The van der Waals surface area contributed by atoms with Crippen LogP contribution < -0.4 is 5.46 Å². The van der Waals surface area contributed by atoms with Crippen LogP contribution in [0.3, 0.4) is 0 Å². The van der Waals surface area contributed by atoms with Crippen LogP contribution in [0.2, 0.25) is 0 Å². The lowest BCUT2D eigenvalue weighted by molar-refractivity contribution is 0.426. The predicted octanol–water partition coefficient (Wildman–Crippen LogP) is 3.95. The van der Waals surface area contributed by atoms with Crippen molar-refractivity contribution in [3.05, 3.63) is 72.8 Å². The Kier molecular flexibility index (Phi) is 3.53. The van der Waals surface area contributed by atoms with Crippen molar-refractivity contribution in [3.8, 4) is 11.3 Å². The summed E-state index contributed by atoms with van der Waals surface area (Å²) in [5.74, 6) is 0. The number of fused-ring (bicyclic) bond motifs is 4. The largest absolute Gasteiger partial charge is 0.489 e. The number of hydrogen-bond donors (Lipinski definition) is 2. The summed E-state index contributed by atoms with van der Waals surface area (Å²) in [6.45, 7) is 0. The molecule has 2 heterocycles. The third-order valence-corrected chi connectivity index (χ3v) is 5.92. The van der Waals surface area contributed by atoms with Gasteiger partial charge in [0.1, 0.15) is 0 Å². The monoisotopic (exact) mass is 355 g/mol. The highest BCUT2D eigenvalue weighted by molar-refractivity contribution is 7.27. The van der Waals surface area contributed by atoms with E-state index in [2.05, 4.69) is 30.3 Å². The maximum Gasteiger partial charge on any atom is 0.489 e. The second-order valence-corrected chi connectivity index (χ2v) is 7.35. The summed E-state index contributed by atoms with van der Waals surface area (Å²) in [6.07, 6.45) is 0. The minimum atomic E-state index is -1.46. The molecule has 0 aliphatic rings. The van der Waals surface area contributed by atoms with E-state index in [1.165, 1.54) is 0 Å². The van der Waals surface area contributed by atoms with Gasteiger partial charge in [0.15, 0.2) is 0 Å². The SMILES string of the molecule is OB(O)c1cccc2c1sc1cc(-c3ccc4ccccc4n3)ccc12. The molecule has 0 saturated carbocycles. The summed E-state index contributed by atoms with van der Waals surface area (Å²) in [4.78, 5) is 4.78. The lowest BCUT2D eigenvalue weighted by Crippen LogP contribution is -2.29. The molecule has 0 fully saturated rings. The number of hydrogen-bond acceptors (Lipinski definition) is 4. The van der Waals surface area contributed by atoms with Gasteiger partial charge in [-0.05, 0) is 29.0 Å². The summed E-state index contributed by atoms with van der Waals surface area (Å²) in [6, 6.07) is 24.2. The Morgan fingerprint density at radius 2 is 1.69 bits per heavy atom. The van der Waals surface area contributed by atoms with E-state index in [4.69, 9.17) is 4.98 Å². The lowest BCUT2D eigenvalue weighted by Gasteiger charge is -2.03. The van der Waals surface area contributed by atoms with Crippen LogP contribution in [-0.4, -0.2) is 22.2 Å². The number of aromatic nitrogens is 1. The van der Waals surface area contributed by atoms with Crippen molar-refractivity contribution in [3.63, 3.8) is 0 Å². The molecule has 26 heavy (non-hydrogen) atoms. The summed E-state index contributed by atoms with van der Waals surface area (Å²) in [5.41, 5.74) is 3.52.